The Morgan fingerprint density at radius 1 is 1.32 bits per heavy atom. The molecule has 9 heteroatoms. The van der Waals surface area contributed by atoms with Gasteiger partial charge in [0.05, 0.1) is 13.2 Å². The van der Waals surface area contributed by atoms with Gasteiger partial charge in [0.2, 0.25) is 10.0 Å². The first-order valence-corrected chi connectivity index (χ1v) is 7.14. The van der Waals surface area contributed by atoms with E-state index in [0.717, 1.165) is 0 Å². The summed E-state index contributed by atoms with van der Waals surface area (Å²) in [4.78, 5) is 0.00204. The second kappa shape index (κ2) is 6.85. The first kappa shape index (κ1) is 15.9. The van der Waals surface area contributed by atoms with E-state index in [1.807, 2.05) is 0 Å². The highest BCUT2D eigenvalue weighted by atomic mass is 32.2. The van der Waals surface area contributed by atoms with Crippen LogP contribution in [0.25, 0.3) is 0 Å². The molecule has 19 heavy (non-hydrogen) atoms. The molecule has 1 rings (SSSR count). The summed E-state index contributed by atoms with van der Waals surface area (Å²) in [5.41, 5.74) is 5.62. The van der Waals surface area contributed by atoms with E-state index < -0.39 is 10.0 Å². The number of aryl methyl sites for hydroxylation is 1. The van der Waals surface area contributed by atoms with E-state index in [4.69, 9.17) is 15.2 Å². The number of methoxy groups -OCH3 is 2. The maximum atomic E-state index is 12.5. The molecule has 2 N–H and O–H groups in total. The van der Waals surface area contributed by atoms with Gasteiger partial charge in [-0.25, -0.2) is 8.42 Å². The van der Waals surface area contributed by atoms with Crippen LogP contribution in [0, 0.1) is 0 Å². The molecule has 1 heterocycles. The van der Waals surface area contributed by atoms with Gasteiger partial charge in [0.15, 0.2) is 5.82 Å². The zero-order valence-corrected chi connectivity index (χ0v) is 12.2. The zero-order valence-electron chi connectivity index (χ0n) is 11.4. The summed E-state index contributed by atoms with van der Waals surface area (Å²) in [6, 6.07) is 0. The largest absolute Gasteiger partial charge is 0.383 e. The number of aromatic nitrogens is 2. The first-order chi connectivity index (χ1) is 8.93. The van der Waals surface area contributed by atoms with Crippen molar-refractivity contribution in [1.29, 1.82) is 0 Å². The minimum absolute atomic E-state index is 0.00204. The number of sulfonamides is 1. The van der Waals surface area contributed by atoms with E-state index in [-0.39, 0.29) is 23.8 Å². The van der Waals surface area contributed by atoms with Gasteiger partial charge >= 0.3 is 0 Å². The van der Waals surface area contributed by atoms with Crippen molar-refractivity contribution in [2.24, 2.45) is 7.05 Å². The fraction of sp³-hybridized carbons (Fsp3) is 0.700. The maximum absolute atomic E-state index is 12.5. The molecule has 0 aliphatic heterocycles. The maximum Gasteiger partial charge on any atom is 0.248 e. The van der Waals surface area contributed by atoms with E-state index >= 15 is 0 Å². The monoisotopic (exact) mass is 292 g/mol. The highest BCUT2D eigenvalue weighted by Crippen LogP contribution is 2.20. The number of rotatable bonds is 8. The van der Waals surface area contributed by atoms with Gasteiger partial charge in [-0.05, 0) is 0 Å². The summed E-state index contributed by atoms with van der Waals surface area (Å²) in [7, 11) is 0.952. The molecule has 0 spiro atoms. The normalized spacial score (nSPS) is 12.2. The van der Waals surface area contributed by atoms with Gasteiger partial charge in [0, 0.05) is 40.6 Å². The predicted octanol–water partition coefficient (Wildman–Crippen LogP) is -0.714. The standard InChI is InChI=1S/C10H20N4O4S/c1-13-8-9(10(11)12-13)19(15,16)14(4-6-17-2)5-7-18-3/h8H,4-7H2,1-3H3,(H2,11,12). The second-order valence-corrected chi connectivity index (χ2v) is 5.85. The molecular weight excluding hydrogens is 272 g/mol. The van der Waals surface area contributed by atoms with Crippen molar-refractivity contribution in [3.05, 3.63) is 6.20 Å². The van der Waals surface area contributed by atoms with Crippen molar-refractivity contribution in [2.75, 3.05) is 46.3 Å². The molecule has 0 saturated heterocycles. The average Bonchev–Trinajstić information content (AvgIpc) is 2.69. The van der Waals surface area contributed by atoms with Crippen LogP contribution in [-0.4, -0.2) is 63.0 Å². The lowest BCUT2D eigenvalue weighted by Gasteiger charge is -2.20. The molecule has 110 valence electrons. The summed E-state index contributed by atoms with van der Waals surface area (Å²) in [5, 5.41) is 3.85. The van der Waals surface area contributed by atoms with Crippen LogP contribution in [0.5, 0.6) is 0 Å². The lowest BCUT2D eigenvalue weighted by molar-refractivity contribution is 0.150. The quantitative estimate of drug-likeness (QED) is 0.679. The number of nitrogen functional groups attached to an aromatic ring is 1. The number of nitrogens with two attached hydrogens (primary N) is 1. The third kappa shape index (κ3) is 3.90. The van der Waals surface area contributed by atoms with Gasteiger partial charge in [-0.3, -0.25) is 4.68 Å². The van der Waals surface area contributed by atoms with Crippen molar-refractivity contribution in [1.82, 2.24) is 14.1 Å². The third-order valence-electron chi connectivity index (χ3n) is 2.53. The van der Waals surface area contributed by atoms with Crippen molar-refractivity contribution in [3.63, 3.8) is 0 Å². The molecule has 0 radical (unpaired) electrons. The van der Waals surface area contributed by atoms with Crippen LogP contribution in [0.2, 0.25) is 0 Å². The average molecular weight is 292 g/mol. The fourth-order valence-electron chi connectivity index (χ4n) is 1.56. The Morgan fingerprint density at radius 3 is 2.21 bits per heavy atom. The summed E-state index contributed by atoms with van der Waals surface area (Å²) < 4.78 is 37.4. The second-order valence-electron chi connectivity index (χ2n) is 3.94. The Kier molecular flexibility index (Phi) is 5.73. The molecule has 1 aromatic rings. The van der Waals surface area contributed by atoms with Crippen molar-refractivity contribution in [2.45, 2.75) is 4.90 Å². The summed E-state index contributed by atoms with van der Waals surface area (Å²) in [6.45, 7) is 1.05. The zero-order chi connectivity index (χ0) is 14.5. The molecule has 0 bridgehead atoms. The van der Waals surface area contributed by atoms with E-state index in [9.17, 15) is 8.42 Å². The molecule has 0 unspecified atom stereocenters. The lowest BCUT2D eigenvalue weighted by Crippen LogP contribution is -2.36. The smallest absolute Gasteiger partial charge is 0.248 e. The van der Waals surface area contributed by atoms with Crippen LogP contribution in [0.4, 0.5) is 5.82 Å². The number of ether oxygens (including phenoxy) is 2. The van der Waals surface area contributed by atoms with Gasteiger partial charge in [0.25, 0.3) is 0 Å². The molecule has 0 atom stereocenters. The van der Waals surface area contributed by atoms with Gasteiger partial charge in [-0.2, -0.15) is 9.40 Å². The van der Waals surface area contributed by atoms with Gasteiger partial charge < -0.3 is 15.2 Å². The first-order valence-electron chi connectivity index (χ1n) is 5.70. The van der Waals surface area contributed by atoms with Gasteiger partial charge in [0.1, 0.15) is 4.90 Å². The van der Waals surface area contributed by atoms with E-state index in [1.165, 1.54) is 29.4 Å². The van der Waals surface area contributed by atoms with E-state index in [1.54, 1.807) is 7.05 Å². The van der Waals surface area contributed by atoms with E-state index in [2.05, 4.69) is 5.10 Å². The van der Waals surface area contributed by atoms with Crippen LogP contribution in [0.3, 0.4) is 0 Å². The molecule has 0 amide bonds. The number of hydrogen-bond acceptors (Lipinski definition) is 6. The third-order valence-corrected chi connectivity index (χ3v) is 4.44. The van der Waals surface area contributed by atoms with E-state index in [0.29, 0.717) is 13.2 Å². The molecule has 0 aliphatic rings. The van der Waals surface area contributed by atoms with Crippen LogP contribution in [0.1, 0.15) is 0 Å². The summed E-state index contributed by atoms with van der Waals surface area (Å²) in [6.07, 6.45) is 1.39. The molecule has 0 fully saturated rings. The minimum Gasteiger partial charge on any atom is -0.383 e. The molecule has 0 saturated carbocycles. The number of anilines is 1. The number of nitrogens with zero attached hydrogens (tertiary/aromatic N) is 3. The summed E-state index contributed by atoms with van der Waals surface area (Å²) in [5.74, 6) is -0.0117. The SMILES string of the molecule is COCCN(CCOC)S(=O)(=O)c1cn(C)nc1N. The van der Waals surface area contributed by atoms with Crippen LogP contribution in [-0.2, 0) is 26.5 Å². The Balaban J connectivity index is 3.00. The Bertz CT molecular complexity index is 492. The van der Waals surface area contributed by atoms with Crippen LogP contribution < -0.4 is 5.73 Å². The number of hydrogen-bond donors (Lipinski definition) is 1. The van der Waals surface area contributed by atoms with Crippen LogP contribution in [0.15, 0.2) is 11.1 Å². The highest BCUT2D eigenvalue weighted by molar-refractivity contribution is 7.89. The van der Waals surface area contributed by atoms with Crippen molar-refractivity contribution in [3.8, 4) is 0 Å². The molecule has 8 nitrogen and oxygen atoms in total. The molecule has 0 aliphatic carbocycles. The molecule has 0 aromatic carbocycles. The predicted molar refractivity (Wildman–Crippen MR) is 70.1 cm³/mol. The Hall–Kier alpha value is -1.16. The fourth-order valence-corrected chi connectivity index (χ4v) is 3.06. The van der Waals surface area contributed by atoms with Crippen molar-refractivity contribution < 1.29 is 17.9 Å². The van der Waals surface area contributed by atoms with Crippen molar-refractivity contribution >= 4 is 15.8 Å². The van der Waals surface area contributed by atoms with Crippen LogP contribution >= 0.6 is 0 Å². The Morgan fingerprint density at radius 2 is 1.84 bits per heavy atom. The minimum atomic E-state index is -3.69. The lowest BCUT2D eigenvalue weighted by atomic mass is 10.6. The summed E-state index contributed by atoms with van der Waals surface area (Å²) >= 11 is 0. The molecular formula is C10H20N4O4S. The Labute approximate surface area is 113 Å². The highest BCUT2D eigenvalue weighted by Gasteiger charge is 2.28. The molecule has 1 aromatic heterocycles. The topological polar surface area (TPSA) is 99.7 Å². The van der Waals surface area contributed by atoms with Gasteiger partial charge in [-0.15, -0.1) is 0 Å². The van der Waals surface area contributed by atoms with Gasteiger partial charge in [-0.1, -0.05) is 0 Å².